The van der Waals surface area contributed by atoms with Gasteiger partial charge in [-0.25, -0.2) is 0 Å². The molecule has 1 atom stereocenters. The van der Waals surface area contributed by atoms with Gasteiger partial charge in [-0.05, 0) is 38.0 Å². The van der Waals surface area contributed by atoms with Crippen LogP contribution in [0, 0.1) is 0 Å². The third-order valence-electron chi connectivity index (χ3n) is 2.44. The average Bonchev–Trinajstić information content (AvgIpc) is 2.96. The molecule has 0 aromatic heterocycles. The van der Waals surface area contributed by atoms with E-state index in [4.69, 9.17) is 27.9 Å². The smallest absolute Gasteiger partial charge is 0.122 e. The fraction of sp³-hybridized carbons (Fsp3) is 0.500. The van der Waals surface area contributed by atoms with Crippen molar-refractivity contribution in [3.63, 3.8) is 0 Å². The standard InChI is InChI=1S/C12H15Cl2NO/c1-8(7-15-11-2-3-11)16-12-5-9(13)4-10(14)6-12/h4-6,8,11,15H,2-3,7H2,1H3. The first-order valence-corrected chi connectivity index (χ1v) is 6.25. The van der Waals surface area contributed by atoms with Crippen molar-refractivity contribution in [2.24, 2.45) is 0 Å². The second-order valence-corrected chi connectivity index (χ2v) is 5.09. The summed E-state index contributed by atoms with van der Waals surface area (Å²) >= 11 is 11.8. The first-order valence-electron chi connectivity index (χ1n) is 5.49. The molecule has 1 aromatic rings. The van der Waals surface area contributed by atoms with Gasteiger partial charge in [0.25, 0.3) is 0 Å². The van der Waals surface area contributed by atoms with Crippen LogP contribution >= 0.6 is 23.2 Å². The van der Waals surface area contributed by atoms with Gasteiger partial charge in [0.05, 0.1) is 0 Å². The average molecular weight is 260 g/mol. The second-order valence-electron chi connectivity index (χ2n) is 4.22. The molecule has 0 radical (unpaired) electrons. The van der Waals surface area contributed by atoms with Gasteiger partial charge in [0, 0.05) is 22.6 Å². The van der Waals surface area contributed by atoms with Gasteiger partial charge < -0.3 is 10.1 Å². The Morgan fingerprint density at radius 3 is 2.50 bits per heavy atom. The highest BCUT2D eigenvalue weighted by Gasteiger charge is 2.21. The van der Waals surface area contributed by atoms with Crippen molar-refractivity contribution >= 4 is 23.2 Å². The van der Waals surface area contributed by atoms with E-state index in [1.165, 1.54) is 12.8 Å². The number of nitrogens with one attached hydrogen (secondary N) is 1. The Balaban J connectivity index is 1.86. The molecule has 1 unspecified atom stereocenters. The molecule has 0 spiro atoms. The molecule has 88 valence electrons. The van der Waals surface area contributed by atoms with E-state index < -0.39 is 0 Å². The maximum absolute atomic E-state index is 5.89. The summed E-state index contributed by atoms with van der Waals surface area (Å²) in [6, 6.07) is 5.96. The van der Waals surface area contributed by atoms with E-state index in [0.29, 0.717) is 16.1 Å². The Morgan fingerprint density at radius 2 is 1.94 bits per heavy atom. The molecule has 1 aromatic carbocycles. The summed E-state index contributed by atoms with van der Waals surface area (Å²) < 4.78 is 5.72. The summed E-state index contributed by atoms with van der Waals surface area (Å²) in [4.78, 5) is 0. The topological polar surface area (TPSA) is 21.3 Å². The third-order valence-corrected chi connectivity index (χ3v) is 2.88. The number of ether oxygens (including phenoxy) is 1. The summed E-state index contributed by atoms with van der Waals surface area (Å²) in [5.41, 5.74) is 0. The predicted molar refractivity (Wildman–Crippen MR) is 67.6 cm³/mol. The highest BCUT2D eigenvalue weighted by atomic mass is 35.5. The molecule has 0 amide bonds. The quantitative estimate of drug-likeness (QED) is 0.874. The number of hydrogen-bond acceptors (Lipinski definition) is 2. The molecule has 2 nitrogen and oxygen atoms in total. The molecule has 1 N–H and O–H groups in total. The van der Waals surface area contributed by atoms with Crippen LogP contribution in [0.1, 0.15) is 19.8 Å². The number of rotatable bonds is 5. The summed E-state index contributed by atoms with van der Waals surface area (Å²) in [5, 5.41) is 4.62. The van der Waals surface area contributed by atoms with Gasteiger partial charge in [0.15, 0.2) is 0 Å². The molecule has 0 saturated heterocycles. The molecule has 2 rings (SSSR count). The van der Waals surface area contributed by atoms with Crippen molar-refractivity contribution in [3.8, 4) is 5.75 Å². The van der Waals surface area contributed by atoms with E-state index in [2.05, 4.69) is 5.32 Å². The van der Waals surface area contributed by atoms with Crippen LogP contribution in [0.2, 0.25) is 10.0 Å². The van der Waals surface area contributed by atoms with Gasteiger partial charge in [-0.15, -0.1) is 0 Å². The Hall–Kier alpha value is -0.440. The van der Waals surface area contributed by atoms with Gasteiger partial charge in [-0.3, -0.25) is 0 Å². The predicted octanol–water partition coefficient (Wildman–Crippen LogP) is 3.51. The summed E-state index contributed by atoms with van der Waals surface area (Å²) in [5.74, 6) is 0.725. The molecule has 1 aliphatic carbocycles. The van der Waals surface area contributed by atoms with E-state index >= 15 is 0 Å². The number of hydrogen-bond donors (Lipinski definition) is 1. The lowest BCUT2D eigenvalue weighted by Crippen LogP contribution is -2.30. The minimum Gasteiger partial charge on any atom is -0.489 e. The fourth-order valence-electron chi connectivity index (χ4n) is 1.49. The largest absolute Gasteiger partial charge is 0.489 e. The van der Waals surface area contributed by atoms with E-state index in [-0.39, 0.29) is 6.10 Å². The molecule has 16 heavy (non-hydrogen) atoms. The van der Waals surface area contributed by atoms with Crippen LogP contribution in [0.5, 0.6) is 5.75 Å². The van der Waals surface area contributed by atoms with Gasteiger partial charge >= 0.3 is 0 Å². The maximum atomic E-state index is 5.89. The van der Waals surface area contributed by atoms with E-state index in [0.717, 1.165) is 12.3 Å². The molecule has 1 aliphatic rings. The minimum absolute atomic E-state index is 0.120. The van der Waals surface area contributed by atoms with Crippen molar-refractivity contribution in [1.82, 2.24) is 5.32 Å². The SMILES string of the molecule is CC(CNC1CC1)Oc1cc(Cl)cc(Cl)c1. The van der Waals surface area contributed by atoms with Crippen LogP contribution in [0.25, 0.3) is 0 Å². The minimum atomic E-state index is 0.120. The lowest BCUT2D eigenvalue weighted by atomic mass is 10.3. The molecular weight excluding hydrogens is 245 g/mol. The Labute approximate surface area is 106 Å². The van der Waals surface area contributed by atoms with Gasteiger partial charge in [0.1, 0.15) is 11.9 Å². The third kappa shape index (κ3) is 3.85. The van der Waals surface area contributed by atoms with Crippen molar-refractivity contribution in [2.45, 2.75) is 31.9 Å². The van der Waals surface area contributed by atoms with Gasteiger partial charge in [-0.1, -0.05) is 23.2 Å². The zero-order valence-electron chi connectivity index (χ0n) is 9.17. The zero-order chi connectivity index (χ0) is 11.5. The number of benzene rings is 1. The van der Waals surface area contributed by atoms with Crippen molar-refractivity contribution in [3.05, 3.63) is 28.2 Å². The van der Waals surface area contributed by atoms with Crippen molar-refractivity contribution in [1.29, 1.82) is 0 Å². The maximum Gasteiger partial charge on any atom is 0.122 e. The van der Waals surface area contributed by atoms with Gasteiger partial charge in [-0.2, -0.15) is 0 Å². The number of halogens is 2. The molecular formula is C12H15Cl2NO. The highest BCUT2D eigenvalue weighted by Crippen LogP contribution is 2.25. The molecule has 0 bridgehead atoms. The van der Waals surface area contributed by atoms with E-state index in [9.17, 15) is 0 Å². The van der Waals surface area contributed by atoms with Crippen LogP contribution in [-0.4, -0.2) is 18.7 Å². The normalized spacial score (nSPS) is 17.2. The van der Waals surface area contributed by atoms with Crippen LogP contribution < -0.4 is 10.1 Å². The van der Waals surface area contributed by atoms with Crippen molar-refractivity contribution < 1.29 is 4.74 Å². The molecule has 1 saturated carbocycles. The monoisotopic (exact) mass is 259 g/mol. The lowest BCUT2D eigenvalue weighted by Gasteiger charge is -2.15. The molecule has 4 heteroatoms. The first-order chi connectivity index (χ1) is 7.63. The first kappa shape index (κ1) is 12.0. The summed E-state index contributed by atoms with van der Waals surface area (Å²) in [6.07, 6.45) is 2.70. The lowest BCUT2D eigenvalue weighted by molar-refractivity contribution is 0.216. The van der Waals surface area contributed by atoms with Crippen LogP contribution in [0.15, 0.2) is 18.2 Å². The van der Waals surface area contributed by atoms with E-state index in [1.807, 2.05) is 6.92 Å². The summed E-state index contributed by atoms with van der Waals surface area (Å²) in [7, 11) is 0. The van der Waals surface area contributed by atoms with Gasteiger partial charge in [0.2, 0.25) is 0 Å². The summed E-state index contributed by atoms with van der Waals surface area (Å²) in [6.45, 7) is 2.89. The fourth-order valence-corrected chi connectivity index (χ4v) is 2.00. The molecule has 0 aliphatic heterocycles. The van der Waals surface area contributed by atoms with Crippen LogP contribution in [0.3, 0.4) is 0 Å². The Bertz CT molecular complexity index is 346. The molecule has 0 heterocycles. The highest BCUT2D eigenvalue weighted by molar-refractivity contribution is 6.34. The second kappa shape index (κ2) is 5.26. The van der Waals surface area contributed by atoms with Crippen molar-refractivity contribution in [2.75, 3.05) is 6.54 Å². The molecule has 1 fully saturated rings. The Morgan fingerprint density at radius 1 is 1.31 bits per heavy atom. The Kier molecular flexibility index (Phi) is 3.95. The van der Waals surface area contributed by atoms with Crippen LogP contribution in [-0.2, 0) is 0 Å². The zero-order valence-corrected chi connectivity index (χ0v) is 10.7. The van der Waals surface area contributed by atoms with E-state index in [1.54, 1.807) is 18.2 Å². The van der Waals surface area contributed by atoms with Crippen LogP contribution in [0.4, 0.5) is 0 Å².